The van der Waals surface area contributed by atoms with Crippen LogP contribution in [0.15, 0.2) is 47.0 Å². The van der Waals surface area contributed by atoms with Crippen molar-refractivity contribution in [3.05, 3.63) is 59.7 Å². The molecule has 1 heterocycles. The Morgan fingerprint density at radius 1 is 1.12 bits per heavy atom. The number of benzene rings is 2. The van der Waals surface area contributed by atoms with Crippen molar-refractivity contribution in [2.75, 3.05) is 0 Å². The number of hydrogen-bond acceptors (Lipinski definition) is 4. The van der Waals surface area contributed by atoms with Gasteiger partial charge in [0.1, 0.15) is 5.54 Å². The van der Waals surface area contributed by atoms with Gasteiger partial charge in [0.15, 0.2) is 5.82 Å². The number of aromatic nitrogens is 2. The highest BCUT2D eigenvalue weighted by molar-refractivity contribution is 5.99. The molecule has 1 fully saturated rings. The average molecular weight is 321 g/mol. The predicted molar refractivity (Wildman–Crippen MR) is 90.6 cm³/mol. The van der Waals surface area contributed by atoms with Crippen LogP contribution in [0.5, 0.6) is 0 Å². The summed E-state index contributed by atoms with van der Waals surface area (Å²) in [7, 11) is 0. The van der Waals surface area contributed by atoms with Crippen molar-refractivity contribution in [3.8, 4) is 0 Å². The van der Waals surface area contributed by atoms with Crippen molar-refractivity contribution in [2.24, 2.45) is 0 Å². The van der Waals surface area contributed by atoms with Crippen molar-refractivity contribution in [1.82, 2.24) is 15.5 Å². The largest absolute Gasteiger partial charge is 0.340 e. The molecule has 0 unspecified atom stereocenters. The third-order valence-electron chi connectivity index (χ3n) is 4.78. The van der Waals surface area contributed by atoms with Crippen LogP contribution in [-0.2, 0) is 5.54 Å². The number of amides is 1. The van der Waals surface area contributed by atoms with Crippen LogP contribution in [0.1, 0.15) is 47.8 Å². The molecule has 2 aromatic carbocycles. The highest BCUT2D eigenvalue weighted by Gasteiger charge is 2.41. The van der Waals surface area contributed by atoms with E-state index in [1.165, 1.54) is 0 Å². The van der Waals surface area contributed by atoms with Gasteiger partial charge in [-0.05, 0) is 35.7 Å². The standard InChI is InChI=1S/C19H19N3O2/c1-13-20-18(22-24-13)19(10-4-5-11-19)21-17(23)16-9-8-14-6-2-3-7-15(14)12-16/h2-3,6-9,12H,4-5,10-11H2,1H3,(H,21,23). The van der Waals surface area contributed by atoms with Gasteiger partial charge in [0, 0.05) is 12.5 Å². The molecule has 0 saturated heterocycles. The number of nitrogens with zero attached hydrogens (tertiary/aromatic N) is 2. The van der Waals surface area contributed by atoms with Gasteiger partial charge in [-0.1, -0.05) is 48.3 Å². The van der Waals surface area contributed by atoms with Crippen molar-refractivity contribution >= 4 is 16.7 Å². The summed E-state index contributed by atoms with van der Waals surface area (Å²) in [6, 6.07) is 13.8. The van der Waals surface area contributed by atoms with Crippen molar-refractivity contribution < 1.29 is 9.32 Å². The third-order valence-corrected chi connectivity index (χ3v) is 4.78. The molecule has 0 aliphatic heterocycles. The number of nitrogens with one attached hydrogen (secondary N) is 1. The van der Waals surface area contributed by atoms with Gasteiger partial charge >= 0.3 is 0 Å². The van der Waals surface area contributed by atoms with Crippen molar-refractivity contribution in [2.45, 2.75) is 38.1 Å². The van der Waals surface area contributed by atoms with Gasteiger partial charge in [0.2, 0.25) is 5.89 Å². The Morgan fingerprint density at radius 2 is 1.88 bits per heavy atom. The zero-order valence-corrected chi connectivity index (χ0v) is 13.6. The first kappa shape index (κ1) is 14.9. The van der Waals surface area contributed by atoms with E-state index >= 15 is 0 Å². The second-order valence-electron chi connectivity index (χ2n) is 6.44. The molecular weight excluding hydrogens is 302 g/mol. The average Bonchev–Trinajstić information content (AvgIpc) is 3.24. The molecule has 1 aromatic heterocycles. The Balaban J connectivity index is 1.65. The molecule has 3 aromatic rings. The molecule has 4 rings (SSSR count). The van der Waals surface area contributed by atoms with Crippen LogP contribution in [0.2, 0.25) is 0 Å². The minimum Gasteiger partial charge on any atom is -0.340 e. The van der Waals surface area contributed by atoms with E-state index < -0.39 is 5.54 Å². The predicted octanol–water partition coefficient (Wildman–Crippen LogP) is 3.73. The van der Waals surface area contributed by atoms with Crippen LogP contribution < -0.4 is 5.32 Å². The summed E-state index contributed by atoms with van der Waals surface area (Å²) >= 11 is 0. The van der Waals surface area contributed by atoms with E-state index in [0.29, 0.717) is 17.3 Å². The lowest BCUT2D eigenvalue weighted by molar-refractivity contribution is 0.0892. The quantitative estimate of drug-likeness (QED) is 0.798. The molecule has 1 aliphatic rings. The molecule has 1 saturated carbocycles. The second-order valence-corrected chi connectivity index (χ2v) is 6.44. The molecule has 1 amide bonds. The van der Waals surface area contributed by atoms with Gasteiger partial charge in [0.05, 0.1) is 0 Å². The van der Waals surface area contributed by atoms with Crippen LogP contribution in [0, 0.1) is 6.92 Å². The van der Waals surface area contributed by atoms with E-state index in [0.717, 1.165) is 36.5 Å². The Morgan fingerprint density at radius 3 is 2.58 bits per heavy atom. The maximum atomic E-state index is 12.8. The van der Waals surface area contributed by atoms with Gasteiger partial charge in [-0.3, -0.25) is 4.79 Å². The third kappa shape index (κ3) is 2.56. The minimum atomic E-state index is -0.513. The van der Waals surface area contributed by atoms with Crippen LogP contribution in [0.3, 0.4) is 0 Å². The summed E-state index contributed by atoms with van der Waals surface area (Å²) in [5.41, 5.74) is 0.140. The molecule has 5 heteroatoms. The number of hydrogen-bond donors (Lipinski definition) is 1. The lowest BCUT2D eigenvalue weighted by Crippen LogP contribution is -2.44. The fourth-order valence-electron chi connectivity index (χ4n) is 3.50. The number of carbonyl (C=O) groups is 1. The molecule has 1 aliphatic carbocycles. The lowest BCUT2D eigenvalue weighted by atomic mass is 9.95. The minimum absolute atomic E-state index is 0.0925. The number of rotatable bonds is 3. The zero-order valence-electron chi connectivity index (χ0n) is 13.6. The highest BCUT2D eigenvalue weighted by Crippen LogP contribution is 2.37. The second kappa shape index (κ2) is 5.74. The molecule has 1 N–H and O–H groups in total. The van der Waals surface area contributed by atoms with Gasteiger partial charge in [-0.2, -0.15) is 4.98 Å². The fraction of sp³-hybridized carbons (Fsp3) is 0.316. The SMILES string of the molecule is Cc1nc(C2(NC(=O)c3ccc4ccccc4c3)CCCC2)no1. The highest BCUT2D eigenvalue weighted by atomic mass is 16.5. The summed E-state index contributed by atoms with van der Waals surface area (Å²) in [5, 5.41) is 9.42. The fourth-order valence-corrected chi connectivity index (χ4v) is 3.50. The van der Waals surface area contributed by atoms with Gasteiger partial charge in [-0.15, -0.1) is 0 Å². The molecule has 0 spiro atoms. The first-order valence-corrected chi connectivity index (χ1v) is 8.28. The summed E-state index contributed by atoms with van der Waals surface area (Å²) in [6.07, 6.45) is 3.77. The lowest BCUT2D eigenvalue weighted by Gasteiger charge is -2.26. The topological polar surface area (TPSA) is 68.0 Å². The summed E-state index contributed by atoms with van der Waals surface area (Å²) in [6.45, 7) is 1.77. The van der Waals surface area contributed by atoms with Crippen LogP contribution >= 0.6 is 0 Å². The van der Waals surface area contributed by atoms with E-state index in [1.807, 2.05) is 42.5 Å². The van der Waals surface area contributed by atoms with E-state index in [2.05, 4.69) is 15.5 Å². The summed E-state index contributed by atoms with van der Waals surface area (Å²) < 4.78 is 5.13. The van der Waals surface area contributed by atoms with Crippen LogP contribution in [0.4, 0.5) is 0 Å². The van der Waals surface area contributed by atoms with Gasteiger partial charge < -0.3 is 9.84 Å². The maximum Gasteiger partial charge on any atom is 0.252 e. The Bertz CT molecular complexity index is 894. The zero-order chi connectivity index (χ0) is 16.6. The Labute approximate surface area is 140 Å². The number of carbonyl (C=O) groups excluding carboxylic acids is 1. The summed E-state index contributed by atoms with van der Waals surface area (Å²) in [4.78, 5) is 17.2. The van der Waals surface area contributed by atoms with Crippen molar-refractivity contribution in [1.29, 1.82) is 0 Å². The number of fused-ring (bicyclic) bond motifs is 1. The van der Waals surface area contributed by atoms with E-state index in [4.69, 9.17) is 4.52 Å². The molecule has 24 heavy (non-hydrogen) atoms. The van der Waals surface area contributed by atoms with E-state index in [-0.39, 0.29) is 5.91 Å². The van der Waals surface area contributed by atoms with E-state index in [9.17, 15) is 4.79 Å². The van der Waals surface area contributed by atoms with Crippen LogP contribution in [-0.4, -0.2) is 16.0 Å². The Hall–Kier alpha value is -2.69. The molecular formula is C19H19N3O2. The Kier molecular flexibility index (Phi) is 3.56. The summed E-state index contributed by atoms with van der Waals surface area (Å²) in [5.74, 6) is 1.02. The first-order valence-electron chi connectivity index (χ1n) is 8.28. The maximum absolute atomic E-state index is 12.8. The molecule has 0 radical (unpaired) electrons. The molecule has 0 atom stereocenters. The smallest absolute Gasteiger partial charge is 0.252 e. The van der Waals surface area contributed by atoms with Crippen LogP contribution in [0.25, 0.3) is 10.8 Å². The van der Waals surface area contributed by atoms with Gasteiger partial charge in [-0.25, -0.2) is 0 Å². The van der Waals surface area contributed by atoms with Crippen molar-refractivity contribution in [3.63, 3.8) is 0 Å². The first-order chi connectivity index (χ1) is 11.7. The molecule has 0 bridgehead atoms. The number of aryl methyl sites for hydroxylation is 1. The monoisotopic (exact) mass is 321 g/mol. The van der Waals surface area contributed by atoms with Gasteiger partial charge in [0.25, 0.3) is 5.91 Å². The normalized spacial score (nSPS) is 16.4. The van der Waals surface area contributed by atoms with E-state index in [1.54, 1.807) is 6.92 Å². The molecule has 122 valence electrons. The molecule has 5 nitrogen and oxygen atoms in total.